The van der Waals surface area contributed by atoms with Gasteiger partial charge >= 0.3 is 0 Å². The summed E-state index contributed by atoms with van der Waals surface area (Å²) in [7, 11) is 0. The third-order valence-corrected chi connectivity index (χ3v) is 2.56. The molecule has 0 bridgehead atoms. The topological polar surface area (TPSA) is 61.4 Å². The van der Waals surface area contributed by atoms with Gasteiger partial charge in [0.25, 0.3) is 0 Å². The fourth-order valence-electron chi connectivity index (χ4n) is 1.66. The first kappa shape index (κ1) is 10.9. The number of imidazole rings is 1. The minimum atomic E-state index is -0.417. The van der Waals surface area contributed by atoms with Crippen molar-refractivity contribution >= 4 is 12.1 Å². The van der Waals surface area contributed by atoms with Gasteiger partial charge in [-0.15, -0.1) is 0 Å². The molecule has 2 rings (SSSR count). The van der Waals surface area contributed by atoms with E-state index in [1.807, 2.05) is 20.8 Å². The van der Waals surface area contributed by atoms with Crippen molar-refractivity contribution in [3.8, 4) is 0 Å². The standard InChI is InChI=1S/C11H16N4O/c1-11(2,3)10(16)15-9(4-5-14-15)8-6-12-7-13-8/h5-7,9H,4H2,1-3H3,(H,12,13). The molecule has 1 aromatic rings. The van der Waals surface area contributed by atoms with Gasteiger partial charge in [-0.05, 0) is 0 Å². The molecule has 1 atom stereocenters. The highest BCUT2D eigenvalue weighted by molar-refractivity contribution is 5.84. The summed E-state index contributed by atoms with van der Waals surface area (Å²) in [6, 6.07) is -0.0331. The summed E-state index contributed by atoms with van der Waals surface area (Å²) < 4.78 is 0. The monoisotopic (exact) mass is 220 g/mol. The second kappa shape index (κ2) is 3.73. The molecule has 1 unspecified atom stereocenters. The number of hydrogen-bond acceptors (Lipinski definition) is 3. The quantitative estimate of drug-likeness (QED) is 0.783. The zero-order valence-electron chi connectivity index (χ0n) is 9.77. The van der Waals surface area contributed by atoms with Gasteiger partial charge in [0.15, 0.2) is 0 Å². The maximum atomic E-state index is 12.2. The lowest BCUT2D eigenvalue weighted by Crippen LogP contribution is -2.36. The third-order valence-electron chi connectivity index (χ3n) is 2.56. The van der Waals surface area contributed by atoms with E-state index < -0.39 is 5.41 Å². The summed E-state index contributed by atoms with van der Waals surface area (Å²) >= 11 is 0. The smallest absolute Gasteiger partial charge is 0.248 e. The number of rotatable bonds is 1. The molecule has 1 N–H and O–H groups in total. The maximum absolute atomic E-state index is 12.2. The van der Waals surface area contributed by atoms with Gasteiger partial charge in [0.2, 0.25) is 5.91 Å². The van der Waals surface area contributed by atoms with Crippen molar-refractivity contribution in [2.75, 3.05) is 0 Å². The van der Waals surface area contributed by atoms with Crippen molar-refractivity contribution in [2.24, 2.45) is 10.5 Å². The molecule has 5 heteroatoms. The summed E-state index contributed by atoms with van der Waals surface area (Å²) in [6.45, 7) is 5.69. The SMILES string of the molecule is CC(C)(C)C(=O)N1N=CCC1c1cnc[nH]1. The van der Waals surface area contributed by atoms with Crippen LogP contribution in [0.4, 0.5) is 0 Å². The molecule has 16 heavy (non-hydrogen) atoms. The van der Waals surface area contributed by atoms with Crippen LogP contribution < -0.4 is 0 Å². The predicted octanol–water partition coefficient (Wildman–Crippen LogP) is 1.71. The number of aromatic amines is 1. The highest BCUT2D eigenvalue weighted by Gasteiger charge is 2.35. The van der Waals surface area contributed by atoms with Gasteiger partial charge in [-0.25, -0.2) is 9.99 Å². The number of carbonyl (C=O) groups is 1. The fourth-order valence-corrected chi connectivity index (χ4v) is 1.66. The van der Waals surface area contributed by atoms with Gasteiger partial charge in [0.05, 0.1) is 18.2 Å². The molecule has 0 spiro atoms. The van der Waals surface area contributed by atoms with Gasteiger partial charge in [0.1, 0.15) is 6.04 Å². The zero-order valence-corrected chi connectivity index (χ0v) is 9.77. The number of nitrogens with zero attached hydrogens (tertiary/aromatic N) is 3. The number of aromatic nitrogens is 2. The predicted molar refractivity (Wildman–Crippen MR) is 60.7 cm³/mol. The number of hydrazone groups is 1. The van der Waals surface area contributed by atoms with Crippen molar-refractivity contribution in [3.63, 3.8) is 0 Å². The van der Waals surface area contributed by atoms with E-state index in [0.717, 1.165) is 12.1 Å². The van der Waals surface area contributed by atoms with Crippen LogP contribution in [-0.4, -0.2) is 27.1 Å². The molecule has 1 amide bonds. The van der Waals surface area contributed by atoms with Crippen molar-refractivity contribution in [1.29, 1.82) is 0 Å². The zero-order chi connectivity index (χ0) is 11.8. The lowest BCUT2D eigenvalue weighted by atomic mass is 9.94. The van der Waals surface area contributed by atoms with Crippen LogP contribution in [0.5, 0.6) is 0 Å². The van der Waals surface area contributed by atoms with E-state index in [-0.39, 0.29) is 11.9 Å². The first-order chi connectivity index (χ1) is 7.50. The van der Waals surface area contributed by atoms with Gasteiger partial charge in [-0.3, -0.25) is 4.79 Å². The number of hydrogen-bond donors (Lipinski definition) is 1. The maximum Gasteiger partial charge on any atom is 0.248 e. The number of nitrogens with one attached hydrogen (secondary N) is 1. The second-order valence-electron chi connectivity index (χ2n) is 4.96. The molecule has 1 aliphatic rings. The minimum absolute atomic E-state index is 0.0286. The normalized spacial score (nSPS) is 20.4. The Labute approximate surface area is 94.6 Å². The number of carbonyl (C=O) groups excluding carboxylic acids is 1. The lowest BCUT2D eigenvalue weighted by Gasteiger charge is -2.27. The summed E-state index contributed by atoms with van der Waals surface area (Å²) in [5.41, 5.74) is 0.509. The molecule has 1 aromatic heterocycles. The van der Waals surface area contributed by atoms with Crippen molar-refractivity contribution in [2.45, 2.75) is 33.2 Å². The van der Waals surface area contributed by atoms with E-state index in [0.29, 0.717) is 0 Å². The number of amides is 1. The Balaban J connectivity index is 2.22. The van der Waals surface area contributed by atoms with Gasteiger partial charge in [0, 0.05) is 18.1 Å². The fraction of sp³-hybridized carbons (Fsp3) is 0.545. The first-order valence-electron chi connectivity index (χ1n) is 5.34. The summed E-state index contributed by atoms with van der Waals surface area (Å²) in [6.07, 6.45) is 5.87. The molecule has 0 saturated carbocycles. The lowest BCUT2D eigenvalue weighted by molar-refractivity contribution is -0.141. The van der Waals surface area contributed by atoms with Gasteiger partial charge < -0.3 is 4.98 Å². The van der Waals surface area contributed by atoms with Crippen LogP contribution in [0.15, 0.2) is 17.6 Å². The largest absolute Gasteiger partial charge is 0.347 e. The van der Waals surface area contributed by atoms with Crippen LogP contribution >= 0.6 is 0 Å². The second-order valence-corrected chi connectivity index (χ2v) is 4.96. The van der Waals surface area contributed by atoms with E-state index in [4.69, 9.17) is 0 Å². The Kier molecular flexibility index (Phi) is 2.53. The summed E-state index contributed by atoms with van der Waals surface area (Å²) in [5.74, 6) is 0.0286. The van der Waals surface area contributed by atoms with Crippen LogP contribution in [0.25, 0.3) is 0 Å². The Morgan fingerprint density at radius 3 is 2.88 bits per heavy atom. The molecule has 0 aromatic carbocycles. The van der Waals surface area contributed by atoms with Crippen molar-refractivity contribution in [3.05, 3.63) is 18.2 Å². The van der Waals surface area contributed by atoms with E-state index >= 15 is 0 Å². The minimum Gasteiger partial charge on any atom is -0.347 e. The summed E-state index contributed by atoms with van der Waals surface area (Å²) in [4.78, 5) is 19.2. The highest BCUT2D eigenvalue weighted by atomic mass is 16.2. The average Bonchev–Trinajstić information content (AvgIpc) is 2.85. The molecule has 0 saturated heterocycles. The Morgan fingerprint density at radius 1 is 1.56 bits per heavy atom. The molecule has 0 radical (unpaired) electrons. The molecular weight excluding hydrogens is 204 g/mol. The van der Waals surface area contributed by atoms with Crippen LogP contribution in [0.3, 0.4) is 0 Å². The van der Waals surface area contributed by atoms with Crippen LogP contribution in [0, 0.1) is 5.41 Å². The molecule has 0 fully saturated rings. The molecule has 0 aliphatic carbocycles. The Morgan fingerprint density at radius 2 is 2.31 bits per heavy atom. The van der Waals surface area contributed by atoms with Crippen LogP contribution in [-0.2, 0) is 4.79 Å². The van der Waals surface area contributed by atoms with Crippen LogP contribution in [0.2, 0.25) is 0 Å². The molecule has 86 valence electrons. The molecular formula is C11H16N4O. The van der Waals surface area contributed by atoms with Crippen molar-refractivity contribution < 1.29 is 4.79 Å². The molecule has 1 aliphatic heterocycles. The van der Waals surface area contributed by atoms with Gasteiger partial charge in [-0.1, -0.05) is 20.8 Å². The Bertz CT molecular complexity index is 402. The third kappa shape index (κ3) is 1.85. The molecule has 5 nitrogen and oxygen atoms in total. The van der Waals surface area contributed by atoms with E-state index in [2.05, 4.69) is 15.1 Å². The van der Waals surface area contributed by atoms with Crippen molar-refractivity contribution in [1.82, 2.24) is 15.0 Å². The average molecular weight is 220 g/mol. The van der Waals surface area contributed by atoms with E-state index in [1.54, 1.807) is 23.7 Å². The summed E-state index contributed by atoms with van der Waals surface area (Å²) in [5, 5.41) is 5.70. The molecule has 2 heterocycles. The Hall–Kier alpha value is -1.65. The number of H-pyrrole nitrogens is 1. The van der Waals surface area contributed by atoms with E-state index in [9.17, 15) is 4.79 Å². The van der Waals surface area contributed by atoms with Crippen LogP contribution in [0.1, 0.15) is 38.9 Å². The first-order valence-corrected chi connectivity index (χ1v) is 5.34. The van der Waals surface area contributed by atoms with Gasteiger partial charge in [-0.2, -0.15) is 5.10 Å². The van der Waals surface area contributed by atoms with E-state index in [1.165, 1.54) is 0 Å². The highest BCUT2D eigenvalue weighted by Crippen LogP contribution is 2.30.